The number of thiophene rings is 2. The van der Waals surface area contributed by atoms with E-state index >= 15 is 0 Å². The van der Waals surface area contributed by atoms with Gasteiger partial charge in [-0.25, -0.2) is 29.9 Å². The molecule has 0 radical (unpaired) electrons. The van der Waals surface area contributed by atoms with E-state index in [9.17, 15) is 0 Å². The van der Waals surface area contributed by atoms with Gasteiger partial charge >= 0.3 is 0 Å². The highest BCUT2D eigenvalue weighted by atomic mass is 32.1. The minimum Gasteiger partial charge on any atom is -0.450 e. The molecular weight excluding hydrogens is 1550 g/mol. The summed E-state index contributed by atoms with van der Waals surface area (Å²) in [5, 5.41) is 18.9. The molecule has 0 aliphatic heterocycles. The molecule has 578 valence electrons. The summed E-state index contributed by atoms with van der Waals surface area (Å²) in [7, 11) is 0. The van der Waals surface area contributed by atoms with E-state index in [4.69, 9.17) is 39.3 Å². The zero-order valence-electron chi connectivity index (χ0n) is 66.3. The summed E-state index contributed by atoms with van der Waals surface area (Å²) in [6, 6.07) is 139. The number of hydrogen-bond acceptors (Lipinski definition) is 10. The van der Waals surface area contributed by atoms with Gasteiger partial charge in [-0.15, -0.1) is 22.7 Å². The molecule has 0 bridgehead atoms. The molecule has 0 unspecified atom stereocenters. The average Bonchev–Trinajstić information content (AvgIpc) is 1.57. The third-order valence-corrected chi connectivity index (χ3v) is 26.5. The Morgan fingerprint density at radius 3 is 1.07 bits per heavy atom. The van der Waals surface area contributed by atoms with Crippen molar-refractivity contribution in [1.29, 1.82) is 0 Å². The molecule has 0 aliphatic rings. The maximum Gasteiger partial charge on any atom is 0.197 e. The second-order valence-corrected chi connectivity index (χ2v) is 33.5. The largest absolute Gasteiger partial charge is 0.450 e. The van der Waals surface area contributed by atoms with Crippen molar-refractivity contribution < 1.29 is 4.42 Å². The Bertz CT molecular complexity index is 8700. The van der Waals surface area contributed by atoms with Crippen molar-refractivity contribution in [3.05, 3.63) is 401 Å². The molecule has 17 aromatic carbocycles. The van der Waals surface area contributed by atoms with Gasteiger partial charge < -0.3 is 4.42 Å². The Morgan fingerprint density at radius 1 is 0.218 bits per heavy atom. The van der Waals surface area contributed by atoms with Crippen molar-refractivity contribution in [2.45, 2.75) is 0 Å². The Balaban J connectivity index is 0.000000102. The van der Waals surface area contributed by atoms with Crippen LogP contribution in [0.4, 0.5) is 0 Å². The molecule has 0 spiro atoms. The van der Waals surface area contributed by atoms with Gasteiger partial charge in [0.2, 0.25) is 0 Å². The van der Waals surface area contributed by atoms with E-state index in [1.165, 1.54) is 79.6 Å². The van der Waals surface area contributed by atoms with Crippen LogP contribution in [-0.4, -0.2) is 48.6 Å². The number of nitrogens with zero attached hydrogens (tertiary/aromatic N) is 10. The van der Waals surface area contributed by atoms with E-state index in [-0.39, 0.29) is 0 Å². The molecule has 124 heavy (non-hydrogen) atoms. The van der Waals surface area contributed by atoms with Gasteiger partial charge in [0.25, 0.3) is 0 Å². The average molecular weight is 1620 g/mol. The van der Waals surface area contributed by atoms with E-state index in [1.54, 1.807) is 22.7 Å². The second-order valence-electron chi connectivity index (χ2n) is 31.4. The maximum atomic E-state index is 6.53. The zero-order chi connectivity index (χ0) is 81.5. The minimum atomic E-state index is 0.661. The summed E-state index contributed by atoms with van der Waals surface area (Å²) >= 11 is 3.52. The summed E-state index contributed by atoms with van der Waals surface area (Å²) in [5.74, 6) is 4.62. The molecule has 10 heterocycles. The van der Waals surface area contributed by atoms with Gasteiger partial charge in [-0.05, 0) is 158 Å². The van der Waals surface area contributed by atoms with Gasteiger partial charge in [0.05, 0.1) is 59.1 Å². The fourth-order valence-electron chi connectivity index (χ4n) is 18.4. The predicted molar refractivity (Wildman–Crippen MR) is 517 cm³/mol. The SMILES string of the molecule is c1ccc(-c2cccc(-c3nc(-n4c5ccccc5c5cc6ccccc6cc54)c4oc5ccccc5c4n3)c2)cc1.c1ccc(-c2cccc(-c3nc(-n4c5ccccc5c5cc6ccccc6cc54)c4sc5ccccc5c4n3)c2)cc1.c1ccc2cc3c(cc2c1)c1ccccc1n3-c1nc(-c2cccc3cccnc23)nc2c1sc1ccccc12. The van der Waals surface area contributed by atoms with Crippen LogP contribution in [0.5, 0.6) is 0 Å². The summed E-state index contributed by atoms with van der Waals surface area (Å²) < 4.78 is 18.0. The van der Waals surface area contributed by atoms with Crippen LogP contribution in [0, 0.1) is 0 Å². The van der Waals surface area contributed by atoms with Crippen molar-refractivity contribution in [2.24, 2.45) is 0 Å². The van der Waals surface area contributed by atoms with E-state index in [0.29, 0.717) is 17.2 Å². The van der Waals surface area contributed by atoms with Crippen molar-refractivity contribution in [2.75, 3.05) is 0 Å². The molecule has 10 aromatic heterocycles. The standard InChI is InChI=1S/C38H23N3O.C38H23N3S.C35H20N4S/c2*1-2-11-24(12-3-1)25-15-10-16-28(21-25)37-39-35-30-18-7-9-20-34(30)42-36(35)38(40-37)41-32-19-8-6-17-29(32)31-22-26-13-4-5-14-27(26)23-33(31)41;1-2-10-23-20-29-27(19-22(23)9-1)24-13-3-5-16-28(24)39(29)35-33-32(25-14-4-6-17-30(25)40-33)37-34(38-35)26-15-7-11-21-12-8-18-36-31(21)26/h2*1-23H;1-20H. The monoisotopic (exact) mass is 1620 g/mol. The van der Waals surface area contributed by atoms with Crippen LogP contribution >= 0.6 is 22.7 Å². The van der Waals surface area contributed by atoms with Crippen LogP contribution in [-0.2, 0) is 0 Å². The normalized spacial score (nSPS) is 11.9. The van der Waals surface area contributed by atoms with E-state index in [2.05, 4.69) is 372 Å². The first-order valence-corrected chi connectivity index (χ1v) is 43.1. The Kier molecular flexibility index (Phi) is 16.4. The number of aromatic nitrogens is 10. The van der Waals surface area contributed by atoms with Crippen LogP contribution in [0.2, 0.25) is 0 Å². The lowest BCUT2D eigenvalue weighted by molar-refractivity contribution is 0.662. The summed E-state index contributed by atoms with van der Waals surface area (Å²) in [6.07, 6.45) is 1.84. The Labute approximate surface area is 716 Å². The molecule has 0 saturated heterocycles. The molecule has 0 atom stereocenters. The number of hydrogen-bond donors (Lipinski definition) is 0. The van der Waals surface area contributed by atoms with Crippen molar-refractivity contribution >= 4 is 194 Å². The zero-order valence-corrected chi connectivity index (χ0v) is 67.9. The topological polar surface area (TPSA) is 118 Å². The summed E-state index contributed by atoms with van der Waals surface area (Å²) in [4.78, 5) is 36.3. The lowest BCUT2D eigenvalue weighted by atomic mass is 10.0. The lowest BCUT2D eigenvalue weighted by Crippen LogP contribution is -2.02. The molecule has 0 aliphatic carbocycles. The third-order valence-electron chi connectivity index (χ3n) is 24.2. The Hall–Kier alpha value is -16.2. The first kappa shape index (κ1) is 70.8. The van der Waals surface area contributed by atoms with Crippen LogP contribution < -0.4 is 0 Å². The molecule has 27 aromatic rings. The molecular formula is C111H66N10OS2. The summed E-state index contributed by atoms with van der Waals surface area (Å²) in [5.41, 5.74) is 19.4. The van der Waals surface area contributed by atoms with Gasteiger partial charge in [0.15, 0.2) is 40.5 Å². The van der Waals surface area contributed by atoms with Crippen molar-refractivity contribution in [3.63, 3.8) is 0 Å². The molecule has 0 N–H and O–H groups in total. The smallest absolute Gasteiger partial charge is 0.197 e. The maximum absolute atomic E-state index is 6.53. The van der Waals surface area contributed by atoms with Gasteiger partial charge in [-0.1, -0.05) is 291 Å². The van der Waals surface area contributed by atoms with Crippen LogP contribution in [0.1, 0.15) is 0 Å². The van der Waals surface area contributed by atoms with E-state index in [1.807, 2.05) is 42.6 Å². The Morgan fingerprint density at radius 2 is 0.573 bits per heavy atom. The van der Waals surface area contributed by atoms with Crippen LogP contribution in [0.15, 0.2) is 405 Å². The van der Waals surface area contributed by atoms with Crippen molar-refractivity contribution in [1.82, 2.24) is 48.6 Å². The number of rotatable bonds is 8. The summed E-state index contributed by atoms with van der Waals surface area (Å²) in [6.45, 7) is 0. The van der Waals surface area contributed by atoms with Gasteiger partial charge in [0, 0.05) is 86.1 Å². The molecule has 13 heteroatoms. The highest BCUT2D eigenvalue weighted by molar-refractivity contribution is 7.26. The fourth-order valence-corrected chi connectivity index (χ4v) is 20.7. The highest BCUT2D eigenvalue weighted by Gasteiger charge is 2.27. The first-order valence-electron chi connectivity index (χ1n) is 41.5. The van der Waals surface area contributed by atoms with Gasteiger partial charge in [-0.2, -0.15) is 0 Å². The fraction of sp³-hybridized carbons (Fsp3) is 0. The highest BCUT2D eigenvalue weighted by Crippen LogP contribution is 2.47. The minimum absolute atomic E-state index is 0.661. The van der Waals surface area contributed by atoms with E-state index < -0.39 is 0 Å². The predicted octanol–water partition coefficient (Wildman–Crippen LogP) is 29.7. The van der Waals surface area contributed by atoms with E-state index in [0.717, 1.165) is 148 Å². The number of fused-ring (bicyclic) bond motifs is 22. The quantitative estimate of drug-likeness (QED) is 0.148. The van der Waals surface area contributed by atoms with Gasteiger partial charge in [-0.3, -0.25) is 18.7 Å². The second kappa shape index (κ2) is 28.8. The molecule has 0 amide bonds. The van der Waals surface area contributed by atoms with Gasteiger partial charge in [0.1, 0.15) is 11.1 Å². The number of pyridine rings is 1. The number of para-hydroxylation sites is 5. The van der Waals surface area contributed by atoms with Crippen LogP contribution in [0.3, 0.4) is 0 Å². The number of furan rings is 1. The van der Waals surface area contributed by atoms with Crippen molar-refractivity contribution in [3.8, 4) is 73.9 Å². The van der Waals surface area contributed by atoms with Crippen LogP contribution in [0.25, 0.3) is 245 Å². The molecule has 27 rings (SSSR count). The third kappa shape index (κ3) is 11.7. The molecule has 11 nitrogen and oxygen atoms in total. The lowest BCUT2D eigenvalue weighted by Gasteiger charge is -2.12. The molecule has 0 fully saturated rings. The first-order chi connectivity index (χ1) is 61.5. The molecule has 0 saturated carbocycles. The number of benzene rings is 17.